The Balaban J connectivity index is 1.57. The highest BCUT2D eigenvalue weighted by Gasteiger charge is 2.36. The van der Waals surface area contributed by atoms with Crippen molar-refractivity contribution in [2.24, 2.45) is 4.99 Å². The van der Waals surface area contributed by atoms with Crippen LogP contribution in [-0.4, -0.2) is 38.2 Å². The molecule has 2 amide bonds. The number of thioether (sulfide) groups is 1. The maximum Gasteiger partial charge on any atom is 0.335 e. The number of benzene rings is 3. The molecule has 1 atom stereocenters. The molecule has 1 unspecified atom stereocenters. The van der Waals surface area contributed by atoms with Crippen molar-refractivity contribution in [1.82, 2.24) is 4.90 Å². The first-order valence-electron chi connectivity index (χ1n) is 10.4. The van der Waals surface area contributed by atoms with Crippen LogP contribution in [0, 0.1) is 0 Å². The van der Waals surface area contributed by atoms with Gasteiger partial charge in [-0.3, -0.25) is 14.5 Å². The van der Waals surface area contributed by atoms with Gasteiger partial charge in [-0.15, -0.1) is 0 Å². The summed E-state index contributed by atoms with van der Waals surface area (Å²) in [5, 5.41) is 12.0. The van der Waals surface area contributed by atoms with Crippen LogP contribution in [0.25, 0.3) is 0 Å². The first-order valence-corrected chi connectivity index (χ1v) is 11.6. The second-order valence-corrected chi connectivity index (χ2v) is 9.13. The minimum atomic E-state index is -1.05. The molecule has 1 fully saturated rings. The Hall–Kier alpha value is -3.62. The molecule has 34 heavy (non-hydrogen) atoms. The van der Waals surface area contributed by atoms with Crippen molar-refractivity contribution >= 4 is 57.7 Å². The summed E-state index contributed by atoms with van der Waals surface area (Å²) in [7, 11) is 0. The zero-order valence-electron chi connectivity index (χ0n) is 17.8. The van der Waals surface area contributed by atoms with Gasteiger partial charge < -0.3 is 10.4 Å². The minimum Gasteiger partial charge on any atom is -0.478 e. The van der Waals surface area contributed by atoms with Crippen molar-refractivity contribution in [3.05, 3.63) is 95.0 Å². The van der Waals surface area contributed by atoms with Gasteiger partial charge in [-0.05, 0) is 48.0 Å². The quantitative estimate of drug-likeness (QED) is 0.491. The van der Waals surface area contributed by atoms with Crippen molar-refractivity contribution < 1.29 is 19.5 Å². The lowest BCUT2D eigenvalue weighted by atomic mass is 10.2. The van der Waals surface area contributed by atoms with Gasteiger partial charge in [0.25, 0.3) is 0 Å². The van der Waals surface area contributed by atoms with Crippen molar-refractivity contribution in [2.45, 2.75) is 18.2 Å². The van der Waals surface area contributed by atoms with E-state index in [-0.39, 0.29) is 23.8 Å². The van der Waals surface area contributed by atoms with Gasteiger partial charge in [0, 0.05) is 17.1 Å². The smallest absolute Gasteiger partial charge is 0.335 e. The molecule has 0 saturated carbocycles. The fraction of sp³-hybridized carbons (Fsp3) is 0.120. The fourth-order valence-corrected chi connectivity index (χ4v) is 4.62. The highest BCUT2D eigenvalue weighted by atomic mass is 35.5. The second-order valence-electron chi connectivity index (χ2n) is 7.52. The van der Waals surface area contributed by atoms with Gasteiger partial charge >= 0.3 is 5.97 Å². The van der Waals surface area contributed by atoms with Crippen molar-refractivity contribution in [2.75, 3.05) is 5.32 Å². The Labute approximate surface area is 205 Å². The third kappa shape index (κ3) is 5.84. The second kappa shape index (κ2) is 10.5. The highest BCUT2D eigenvalue weighted by Crippen LogP contribution is 2.31. The Morgan fingerprint density at radius 1 is 1.06 bits per heavy atom. The van der Waals surface area contributed by atoms with Gasteiger partial charge in [-0.1, -0.05) is 59.8 Å². The highest BCUT2D eigenvalue weighted by molar-refractivity contribution is 8.15. The lowest BCUT2D eigenvalue weighted by molar-refractivity contribution is -0.129. The molecular weight excluding hydrogens is 474 g/mol. The molecule has 7 nitrogen and oxygen atoms in total. The van der Waals surface area contributed by atoms with Gasteiger partial charge in [-0.2, -0.15) is 0 Å². The number of rotatable bonds is 6. The van der Waals surface area contributed by atoms with Gasteiger partial charge in [0.05, 0.1) is 17.8 Å². The van der Waals surface area contributed by atoms with Crippen LogP contribution in [0.4, 0.5) is 11.4 Å². The summed E-state index contributed by atoms with van der Waals surface area (Å²) >= 11 is 7.30. The predicted octanol–water partition coefficient (Wildman–Crippen LogP) is 5.20. The van der Waals surface area contributed by atoms with E-state index < -0.39 is 11.2 Å². The van der Waals surface area contributed by atoms with E-state index >= 15 is 0 Å². The van der Waals surface area contributed by atoms with Gasteiger partial charge in [0.15, 0.2) is 5.17 Å². The SMILES string of the molecule is O=C(O)c1ccc(NC(=O)C2CC(=O)N(Cc3ccccc3)C(=Nc3cccc(Cl)c3)S2)cc1. The maximum atomic E-state index is 13.1. The lowest BCUT2D eigenvalue weighted by Gasteiger charge is -2.32. The van der Waals surface area contributed by atoms with Gasteiger partial charge in [-0.25, -0.2) is 9.79 Å². The van der Waals surface area contributed by atoms with E-state index in [4.69, 9.17) is 16.7 Å². The molecule has 1 heterocycles. The molecule has 1 aliphatic rings. The monoisotopic (exact) mass is 493 g/mol. The molecule has 4 rings (SSSR count). The van der Waals surface area contributed by atoms with Crippen LogP contribution in [0.15, 0.2) is 83.9 Å². The summed E-state index contributed by atoms with van der Waals surface area (Å²) < 4.78 is 0. The molecular formula is C25H20ClN3O4S. The number of halogens is 1. The van der Waals surface area contributed by atoms with E-state index in [1.54, 1.807) is 29.2 Å². The number of anilines is 1. The number of hydrogen-bond acceptors (Lipinski definition) is 5. The molecule has 3 aromatic rings. The van der Waals surface area contributed by atoms with Crippen molar-refractivity contribution in [1.29, 1.82) is 0 Å². The van der Waals surface area contributed by atoms with Gasteiger partial charge in [0.2, 0.25) is 11.8 Å². The largest absolute Gasteiger partial charge is 0.478 e. The number of amides is 2. The molecule has 0 spiro atoms. The maximum absolute atomic E-state index is 13.1. The number of amidine groups is 1. The van der Waals surface area contributed by atoms with Crippen molar-refractivity contribution in [3.8, 4) is 0 Å². The topological polar surface area (TPSA) is 99.1 Å². The zero-order valence-corrected chi connectivity index (χ0v) is 19.4. The molecule has 0 aliphatic carbocycles. The summed E-state index contributed by atoms with van der Waals surface area (Å²) in [6.07, 6.45) is 0.00507. The third-order valence-electron chi connectivity index (χ3n) is 5.05. The molecule has 9 heteroatoms. The summed E-state index contributed by atoms with van der Waals surface area (Å²) in [6.45, 7) is 0.330. The molecule has 3 aromatic carbocycles. The molecule has 172 valence electrons. The number of carbonyl (C=O) groups is 3. The van der Waals surface area contributed by atoms with E-state index in [1.165, 1.54) is 36.0 Å². The number of carboxylic acids is 1. The predicted molar refractivity (Wildman–Crippen MR) is 134 cm³/mol. The summed E-state index contributed by atoms with van der Waals surface area (Å²) in [5.74, 6) is -1.63. The lowest BCUT2D eigenvalue weighted by Crippen LogP contribution is -2.44. The third-order valence-corrected chi connectivity index (χ3v) is 6.47. The average molecular weight is 494 g/mol. The number of nitrogens with zero attached hydrogens (tertiary/aromatic N) is 2. The van der Waals surface area contributed by atoms with E-state index in [0.29, 0.717) is 28.1 Å². The normalized spacial score (nSPS) is 17.0. The number of hydrogen-bond donors (Lipinski definition) is 2. The van der Waals surface area contributed by atoms with Crippen LogP contribution in [0.2, 0.25) is 5.02 Å². The van der Waals surface area contributed by atoms with E-state index in [0.717, 1.165) is 5.56 Å². The Morgan fingerprint density at radius 3 is 2.47 bits per heavy atom. The molecule has 1 aliphatic heterocycles. The Morgan fingerprint density at radius 2 is 1.79 bits per heavy atom. The average Bonchev–Trinajstić information content (AvgIpc) is 2.82. The number of carboxylic acid groups (broad SMARTS) is 1. The van der Waals surface area contributed by atoms with E-state index in [9.17, 15) is 14.4 Å². The number of nitrogens with one attached hydrogen (secondary N) is 1. The van der Waals surface area contributed by atoms with Crippen LogP contribution >= 0.6 is 23.4 Å². The summed E-state index contributed by atoms with van der Waals surface area (Å²) in [5.41, 5.74) is 2.08. The standard InChI is InChI=1S/C25H20ClN3O4S/c26-18-7-4-8-20(13-18)28-25-29(15-16-5-2-1-3-6-16)22(30)14-21(34-25)23(31)27-19-11-9-17(10-12-19)24(32)33/h1-13,21H,14-15H2,(H,27,31)(H,32,33). The molecule has 0 radical (unpaired) electrons. The number of aliphatic imine (C=N–C) groups is 1. The molecule has 2 N–H and O–H groups in total. The van der Waals surface area contributed by atoms with Gasteiger partial charge in [0.1, 0.15) is 5.25 Å². The molecule has 0 aromatic heterocycles. The Bertz CT molecular complexity index is 1250. The Kier molecular flexibility index (Phi) is 7.30. The van der Waals surface area contributed by atoms with Crippen LogP contribution in [0.1, 0.15) is 22.3 Å². The first-order chi connectivity index (χ1) is 16.4. The van der Waals surface area contributed by atoms with E-state index in [2.05, 4.69) is 10.3 Å². The van der Waals surface area contributed by atoms with Crippen LogP contribution < -0.4 is 5.32 Å². The van der Waals surface area contributed by atoms with Crippen LogP contribution in [0.3, 0.4) is 0 Å². The zero-order chi connectivity index (χ0) is 24.1. The number of aromatic carboxylic acids is 1. The van der Waals surface area contributed by atoms with Crippen LogP contribution in [-0.2, 0) is 16.1 Å². The molecule has 0 bridgehead atoms. The summed E-state index contributed by atoms with van der Waals surface area (Å²) in [4.78, 5) is 43.3. The fourth-order valence-electron chi connectivity index (χ4n) is 3.34. The first kappa shape index (κ1) is 23.5. The summed E-state index contributed by atoms with van der Waals surface area (Å²) in [6, 6.07) is 22.4. The van der Waals surface area contributed by atoms with E-state index in [1.807, 2.05) is 30.3 Å². The van der Waals surface area contributed by atoms with Crippen molar-refractivity contribution in [3.63, 3.8) is 0 Å². The minimum absolute atomic E-state index is 0.00507. The molecule has 1 saturated heterocycles. The number of carbonyl (C=O) groups excluding carboxylic acids is 2. The van der Waals surface area contributed by atoms with Crippen LogP contribution in [0.5, 0.6) is 0 Å².